The van der Waals surface area contributed by atoms with Gasteiger partial charge in [0.05, 0.1) is 12.0 Å². The average Bonchev–Trinajstić information content (AvgIpc) is 2.84. The van der Waals surface area contributed by atoms with Crippen molar-refractivity contribution >= 4 is 38.2 Å². The molecule has 0 aliphatic heterocycles. The number of thiophene rings is 1. The zero-order valence-electron chi connectivity index (χ0n) is 12.7. The summed E-state index contributed by atoms with van der Waals surface area (Å²) in [6.45, 7) is 6.18. The van der Waals surface area contributed by atoms with Gasteiger partial charge in [-0.05, 0) is 34.1 Å². The van der Waals surface area contributed by atoms with Gasteiger partial charge in [0.25, 0.3) is 0 Å². The molecule has 3 nitrogen and oxygen atoms in total. The molecule has 1 aromatic heterocycles. The zero-order valence-corrected chi connectivity index (χ0v) is 15.1. The fourth-order valence-electron chi connectivity index (χ4n) is 2.07. The van der Waals surface area contributed by atoms with Gasteiger partial charge in [-0.2, -0.15) is 5.26 Å². The Morgan fingerprint density at radius 3 is 2.50 bits per heavy atom. The van der Waals surface area contributed by atoms with Gasteiger partial charge in [-0.3, -0.25) is 4.79 Å². The first-order chi connectivity index (χ1) is 10.3. The minimum Gasteiger partial charge on any atom is -0.316 e. The summed E-state index contributed by atoms with van der Waals surface area (Å²) in [7, 11) is 0. The van der Waals surface area contributed by atoms with Crippen LogP contribution in [0.25, 0.3) is 0 Å². The van der Waals surface area contributed by atoms with Gasteiger partial charge >= 0.3 is 0 Å². The van der Waals surface area contributed by atoms with E-state index in [2.05, 4.69) is 48.1 Å². The number of nitriles is 1. The normalized spacial score (nSPS) is 11.0. The summed E-state index contributed by atoms with van der Waals surface area (Å²) in [5.41, 5.74) is 2.36. The quantitative estimate of drug-likeness (QED) is 0.831. The van der Waals surface area contributed by atoms with Gasteiger partial charge < -0.3 is 5.32 Å². The SMILES string of the molecule is CC(C)(C)c1csc(NC(=O)Cc2ccc(Br)cc2)c1C#N. The number of anilines is 1. The van der Waals surface area contributed by atoms with E-state index >= 15 is 0 Å². The van der Waals surface area contributed by atoms with E-state index in [4.69, 9.17) is 0 Å². The van der Waals surface area contributed by atoms with Gasteiger partial charge in [0.2, 0.25) is 5.91 Å². The van der Waals surface area contributed by atoms with E-state index in [0.29, 0.717) is 17.0 Å². The largest absolute Gasteiger partial charge is 0.316 e. The Morgan fingerprint density at radius 1 is 1.32 bits per heavy atom. The maximum absolute atomic E-state index is 12.2. The molecule has 5 heteroatoms. The van der Waals surface area contributed by atoms with Crippen LogP contribution in [0, 0.1) is 11.3 Å². The molecule has 1 heterocycles. The second kappa shape index (κ2) is 6.64. The topological polar surface area (TPSA) is 52.9 Å². The van der Waals surface area contributed by atoms with Crippen LogP contribution in [0.2, 0.25) is 0 Å². The highest BCUT2D eigenvalue weighted by Gasteiger charge is 2.23. The van der Waals surface area contributed by atoms with Crippen LogP contribution in [-0.4, -0.2) is 5.91 Å². The minimum atomic E-state index is -0.115. The molecular weight excluding hydrogens is 360 g/mol. The Hall–Kier alpha value is -1.64. The Labute approximate surface area is 143 Å². The van der Waals surface area contributed by atoms with Crippen LogP contribution in [0.5, 0.6) is 0 Å². The zero-order chi connectivity index (χ0) is 16.3. The van der Waals surface area contributed by atoms with Crippen molar-refractivity contribution < 1.29 is 4.79 Å². The Kier molecular flexibility index (Phi) is 5.05. The summed E-state index contributed by atoms with van der Waals surface area (Å²) in [5, 5.41) is 14.8. The summed E-state index contributed by atoms with van der Waals surface area (Å²) >= 11 is 4.78. The highest BCUT2D eigenvalue weighted by Crippen LogP contribution is 2.35. The van der Waals surface area contributed by atoms with Crippen LogP contribution in [-0.2, 0) is 16.6 Å². The van der Waals surface area contributed by atoms with Crippen molar-refractivity contribution in [3.05, 3.63) is 50.8 Å². The maximum atomic E-state index is 12.2. The summed E-state index contributed by atoms with van der Waals surface area (Å²) < 4.78 is 0.983. The molecule has 0 bridgehead atoms. The number of nitrogens with one attached hydrogen (secondary N) is 1. The van der Waals surface area contributed by atoms with Crippen molar-refractivity contribution in [3.63, 3.8) is 0 Å². The molecule has 0 saturated heterocycles. The lowest BCUT2D eigenvalue weighted by Gasteiger charge is -2.17. The molecule has 0 aliphatic carbocycles. The summed E-state index contributed by atoms with van der Waals surface area (Å²) in [4.78, 5) is 12.2. The van der Waals surface area contributed by atoms with Gasteiger partial charge in [0.1, 0.15) is 11.1 Å². The summed E-state index contributed by atoms with van der Waals surface area (Å²) in [6, 6.07) is 9.85. The molecule has 114 valence electrons. The lowest BCUT2D eigenvalue weighted by molar-refractivity contribution is -0.115. The average molecular weight is 377 g/mol. The smallest absolute Gasteiger partial charge is 0.229 e. The summed E-state index contributed by atoms with van der Waals surface area (Å²) in [6.07, 6.45) is 0.293. The fraction of sp³-hybridized carbons (Fsp3) is 0.294. The number of nitrogens with zero attached hydrogens (tertiary/aromatic N) is 1. The molecule has 0 radical (unpaired) electrons. The van der Waals surface area contributed by atoms with E-state index in [1.165, 1.54) is 11.3 Å². The predicted octanol–water partition coefficient (Wildman–Crippen LogP) is 4.86. The first-order valence-electron chi connectivity index (χ1n) is 6.87. The van der Waals surface area contributed by atoms with Gasteiger partial charge in [-0.25, -0.2) is 0 Å². The minimum absolute atomic E-state index is 0.110. The van der Waals surface area contributed by atoms with Crippen LogP contribution in [0.15, 0.2) is 34.1 Å². The van der Waals surface area contributed by atoms with Crippen molar-refractivity contribution in [2.75, 3.05) is 5.32 Å². The Bertz CT molecular complexity index is 721. The number of rotatable bonds is 3. The van der Waals surface area contributed by atoms with Crippen LogP contribution in [0.1, 0.15) is 37.5 Å². The standard InChI is InChI=1S/C17H17BrN2OS/c1-17(2,3)14-10-22-16(13(14)9-19)20-15(21)8-11-4-6-12(18)7-5-11/h4-7,10H,8H2,1-3H3,(H,20,21). The first kappa shape index (κ1) is 16.7. The van der Waals surface area contributed by atoms with Crippen molar-refractivity contribution in [1.82, 2.24) is 0 Å². The van der Waals surface area contributed by atoms with Crippen LogP contribution < -0.4 is 5.32 Å². The first-order valence-corrected chi connectivity index (χ1v) is 8.55. The molecule has 2 rings (SSSR count). The van der Waals surface area contributed by atoms with Crippen molar-refractivity contribution in [2.24, 2.45) is 0 Å². The molecule has 0 fully saturated rings. The highest BCUT2D eigenvalue weighted by atomic mass is 79.9. The number of benzene rings is 1. The summed E-state index contributed by atoms with van der Waals surface area (Å²) in [5.74, 6) is -0.110. The number of hydrogen-bond acceptors (Lipinski definition) is 3. The number of hydrogen-bond donors (Lipinski definition) is 1. The molecular formula is C17H17BrN2OS. The number of carbonyl (C=O) groups is 1. The van der Waals surface area contributed by atoms with E-state index in [9.17, 15) is 10.1 Å². The number of amides is 1. The third kappa shape index (κ3) is 3.96. The molecule has 0 aliphatic rings. The molecule has 0 atom stereocenters. The van der Waals surface area contributed by atoms with E-state index in [1.54, 1.807) is 0 Å². The molecule has 2 aromatic rings. The Balaban J connectivity index is 2.14. The third-order valence-corrected chi connectivity index (χ3v) is 4.67. The molecule has 1 N–H and O–H groups in total. The van der Waals surface area contributed by atoms with E-state index in [-0.39, 0.29) is 11.3 Å². The molecule has 0 spiro atoms. The van der Waals surface area contributed by atoms with E-state index < -0.39 is 0 Å². The Morgan fingerprint density at radius 2 is 1.95 bits per heavy atom. The van der Waals surface area contributed by atoms with Gasteiger partial charge in [0.15, 0.2) is 0 Å². The molecule has 1 aromatic carbocycles. The molecule has 1 amide bonds. The van der Waals surface area contributed by atoms with Crippen molar-refractivity contribution in [3.8, 4) is 6.07 Å². The molecule has 0 unspecified atom stereocenters. The lowest BCUT2D eigenvalue weighted by Crippen LogP contribution is -2.16. The van der Waals surface area contributed by atoms with Crippen LogP contribution in [0.4, 0.5) is 5.00 Å². The fourth-order valence-corrected chi connectivity index (χ4v) is 3.49. The van der Waals surface area contributed by atoms with Crippen molar-refractivity contribution in [1.29, 1.82) is 5.26 Å². The van der Waals surface area contributed by atoms with E-state index in [0.717, 1.165) is 15.6 Å². The monoisotopic (exact) mass is 376 g/mol. The van der Waals surface area contributed by atoms with Gasteiger partial charge in [-0.1, -0.05) is 48.8 Å². The lowest BCUT2D eigenvalue weighted by atomic mass is 9.86. The van der Waals surface area contributed by atoms with Crippen molar-refractivity contribution in [2.45, 2.75) is 32.6 Å². The third-order valence-electron chi connectivity index (χ3n) is 3.24. The van der Waals surface area contributed by atoms with E-state index in [1.807, 2.05) is 29.6 Å². The second-order valence-corrected chi connectivity index (χ2v) is 7.86. The molecule has 22 heavy (non-hydrogen) atoms. The molecule has 0 saturated carbocycles. The van der Waals surface area contributed by atoms with Gasteiger partial charge in [0, 0.05) is 4.47 Å². The highest BCUT2D eigenvalue weighted by molar-refractivity contribution is 9.10. The van der Waals surface area contributed by atoms with Crippen LogP contribution >= 0.6 is 27.3 Å². The predicted molar refractivity (Wildman–Crippen MR) is 94.2 cm³/mol. The van der Waals surface area contributed by atoms with Crippen LogP contribution in [0.3, 0.4) is 0 Å². The number of carbonyl (C=O) groups excluding carboxylic acids is 1. The second-order valence-electron chi connectivity index (χ2n) is 6.07. The number of halogens is 1. The van der Waals surface area contributed by atoms with Gasteiger partial charge in [-0.15, -0.1) is 11.3 Å². The maximum Gasteiger partial charge on any atom is 0.229 e.